The third-order valence-electron chi connectivity index (χ3n) is 7.04. The monoisotopic (exact) mass is 584 g/mol. The number of carbonyl (C=O) groups excluding carboxylic acids is 3. The topological polar surface area (TPSA) is 114 Å². The molecule has 0 radical (unpaired) electrons. The summed E-state index contributed by atoms with van der Waals surface area (Å²) in [5.74, 6) is -9.70. The summed E-state index contributed by atoms with van der Waals surface area (Å²) in [6, 6.07) is 13.5. The largest absolute Gasteiger partial charge is 0.389 e. The molecule has 0 bridgehead atoms. The van der Waals surface area contributed by atoms with Crippen LogP contribution in [0.5, 0.6) is 0 Å². The molecule has 2 aromatic rings. The molecule has 4 rings (SSSR count). The second-order valence-electron chi connectivity index (χ2n) is 10.0. The first-order valence-corrected chi connectivity index (χ1v) is 12.9. The maximum absolute atomic E-state index is 13.4. The van der Waals surface area contributed by atoms with Gasteiger partial charge in [0.1, 0.15) is 0 Å². The van der Waals surface area contributed by atoms with E-state index in [9.17, 15) is 36.3 Å². The van der Waals surface area contributed by atoms with E-state index in [1.165, 1.54) is 6.07 Å². The Morgan fingerprint density at radius 2 is 1.77 bits per heavy atom. The molecule has 40 heavy (non-hydrogen) atoms. The second-order valence-corrected chi connectivity index (χ2v) is 10.4. The Balaban J connectivity index is 1.66. The first-order chi connectivity index (χ1) is 18.7. The molecule has 3 amide bonds. The van der Waals surface area contributed by atoms with E-state index in [2.05, 4.69) is 15.6 Å². The summed E-state index contributed by atoms with van der Waals surface area (Å²) in [4.78, 5) is 43.3. The van der Waals surface area contributed by atoms with Crippen LogP contribution in [0, 0.1) is 17.8 Å². The Hall–Kier alpha value is -3.54. The highest BCUT2D eigenvalue weighted by molar-refractivity contribution is 6.36. The molecule has 2 aromatic carbocycles. The van der Waals surface area contributed by atoms with Crippen molar-refractivity contribution in [1.29, 1.82) is 0 Å². The van der Waals surface area contributed by atoms with Crippen LogP contribution < -0.4 is 16.4 Å². The summed E-state index contributed by atoms with van der Waals surface area (Å²) in [6.45, 7) is 0. The normalized spacial score (nSPS) is 20.2. The van der Waals surface area contributed by atoms with Gasteiger partial charge >= 0.3 is 6.18 Å². The van der Waals surface area contributed by atoms with Crippen molar-refractivity contribution in [1.82, 2.24) is 5.32 Å². The van der Waals surface area contributed by atoms with Crippen LogP contribution in [0.15, 0.2) is 53.5 Å². The van der Waals surface area contributed by atoms with Gasteiger partial charge in [0, 0.05) is 42.2 Å². The number of nitrogens with one attached hydrogen (secondary N) is 2. The number of anilines is 1. The van der Waals surface area contributed by atoms with Crippen LogP contribution in [-0.2, 0) is 14.4 Å². The number of alkyl halides is 5. The van der Waals surface area contributed by atoms with E-state index in [4.69, 9.17) is 17.3 Å². The van der Waals surface area contributed by atoms with E-state index in [0.29, 0.717) is 11.1 Å². The van der Waals surface area contributed by atoms with Crippen LogP contribution in [0.25, 0.3) is 0 Å². The van der Waals surface area contributed by atoms with E-state index in [1.54, 1.807) is 42.5 Å². The lowest BCUT2D eigenvalue weighted by molar-refractivity contribution is -0.149. The Labute approximate surface area is 231 Å². The van der Waals surface area contributed by atoms with Crippen molar-refractivity contribution < 1.29 is 36.3 Å². The molecule has 1 heterocycles. The van der Waals surface area contributed by atoms with Gasteiger partial charge < -0.3 is 16.4 Å². The summed E-state index contributed by atoms with van der Waals surface area (Å²) in [7, 11) is 0. The number of benzene rings is 2. The molecule has 3 atom stereocenters. The predicted octanol–water partition coefficient (Wildman–Crippen LogP) is 5.07. The maximum Gasteiger partial charge on any atom is 0.389 e. The first kappa shape index (κ1) is 29.4. The number of nitrogens with zero attached hydrogens (tertiary/aromatic N) is 1. The number of fused-ring (bicyclic) bond motifs is 1. The minimum absolute atomic E-state index is 0.190. The molecule has 3 unspecified atom stereocenters. The van der Waals surface area contributed by atoms with Gasteiger partial charge in [0.25, 0.3) is 5.91 Å². The quantitative estimate of drug-likeness (QED) is 0.358. The molecule has 1 saturated carbocycles. The van der Waals surface area contributed by atoms with E-state index in [0.717, 1.165) is 0 Å². The molecule has 1 fully saturated rings. The highest BCUT2D eigenvalue weighted by Gasteiger charge is 2.48. The number of hydrogen-bond acceptors (Lipinski definition) is 4. The number of nitrogens with two attached hydrogens (primary N) is 1. The van der Waals surface area contributed by atoms with Crippen molar-refractivity contribution in [2.45, 2.75) is 50.4 Å². The van der Waals surface area contributed by atoms with Gasteiger partial charge in [0.2, 0.25) is 23.9 Å². The van der Waals surface area contributed by atoms with Crippen molar-refractivity contribution in [3.63, 3.8) is 0 Å². The first-order valence-electron chi connectivity index (χ1n) is 12.5. The van der Waals surface area contributed by atoms with Crippen molar-refractivity contribution in [3.05, 3.63) is 64.7 Å². The number of para-hydroxylation sites is 1. The van der Waals surface area contributed by atoms with Crippen LogP contribution in [0.4, 0.5) is 27.6 Å². The molecule has 1 aliphatic carbocycles. The summed E-state index contributed by atoms with van der Waals surface area (Å²) in [5, 5.41) is 5.14. The summed E-state index contributed by atoms with van der Waals surface area (Å²) in [5.41, 5.74) is 6.97. The second kappa shape index (κ2) is 11.5. The van der Waals surface area contributed by atoms with Crippen LogP contribution in [0.1, 0.15) is 43.2 Å². The summed E-state index contributed by atoms with van der Waals surface area (Å²) < 4.78 is 66.2. The molecule has 1 aliphatic heterocycles. The average Bonchev–Trinajstić information content (AvgIpc) is 2.99. The highest BCUT2D eigenvalue weighted by Crippen LogP contribution is 2.46. The summed E-state index contributed by atoms with van der Waals surface area (Å²) in [6.07, 6.45) is -9.93. The van der Waals surface area contributed by atoms with Gasteiger partial charge in [0.15, 0.2) is 0 Å². The number of primary amides is 1. The van der Waals surface area contributed by atoms with Gasteiger partial charge in [-0.05, 0) is 24.8 Å². The number of amides is 3. The number of carbonyl (C=O) groups is 3. The van der Waals surface area contributed by atoms with Crippen molar-refractivity contribution >= 4 is 40.7 Å². The average molecular weight is 585 g/mol. The third kappa shape index (κ3) is 6.96. The molecule has 0 spiro atoms. The lowest BCUT2D eigenvalue weighted by Gasteiger charge is -2.38. The number of hydrogen-bond donors (Lipinski definition) is 3. The molecule has 4 N–H and O–H groups in total. The lowest BCUT2D eigenvalue weighted by atomic mass is 9.72. The van der Waals surface area contributed by atoms with Gasteiger partial charge in [-0.2, -0.15) is 13.2 Å². The third-order valence-corrected chi connectivity index (χ3v) is 7.35. The van der Waals surface area contributed by atoms with E-state index >= 15 is 0 Å². The van der Waals surface area contributed by atoms with Crippen molar-refractivity contribution in [2.75, 3.05) is 5.32 Å². The minimum atomic E-state index is -4.67. The molecule has 13 heteroatoms. The Morgan fingerprint density at radius 3 is 2.38 bits per heavy atom. The van der Waals surface area contributed by atoms with Crippen molar-refractivity contribution in [3.8, 4) is 0 Å². The fraction of sp³-hybridized carbons (Fsp3) is 0.407. The smallest absolute Gasteiger partial charge is 0.369 e. The Kier molecular flexibility index (Phi) is 8.48. The maximum atomic E-state index is 13.4. The minimum Gasteiger partial charge on any atom is -0.369 e. The van der Waals surface area contributed by atoms with Gasteiger partial charge in [0.05, 0.1) is 16.4 Å². The Bertz CT molecular complexity index is 1310. The van der Waals surface area contributed by atoms with E-state index in [1.807, 2.05) is 0 Å². The van der Waals surface area contributed by atoms with Gasteiger partial charge in [-0.25, -0.2) is 13.8 Å². The lowest BCUT2D eigenvalue weighted by Crippen LogP contribution is -2.49. The van der Waals surface area contributed by atoms with Gasteiger partial charge in [-0.3, -0.25) is 14.4 Å². The highest BCUT2D eigenvalue weighted by atomic mass is 35.5. The standard InChI is InChI=1S/C27H26ClF5N4O3/c28-19-8-4-7-17-20(15-5-2-1-3-6-15)35-23(25(40)36-21(17)19)37-24(39)16(9-10-27(31,32)33)18(22(34)38)11-14-12-26(29,30)13-14/h1-8,14,16,18,23H,9-13H2,(H2,34,38)(H,36,40)(H,37,39). The zero-order valence-corrected chi connectivity index (χ0v) is 21.7. The van der Waals surface area contributed by atoms with Gasteiger partial charge in [-0.1, -0.05) is 54.1 Å². The number of rotatable bonds is 9. The van der Waals surface area contributed by atoms with Crippen LogP contribution >= 0.6 is 11.6 Å². The molecular formula is C27H26ClF5N4O3. The molecule has 0 aromatic heterocycles. The molecule has 0 saturated heterocycles. The SMILES string of the molecule is NC(=O)C(CC1CC(F)(F)C1)C(CCC(F)(F)F)C(=O)NC1N=C(c2ccccc2)c2cccc(Cl)c2NC1=O. The van der Waals surface area contributed by atoms with Crippen LogP contribution in [0.3, 0.4) is 0 Å². The zero-order valence-electron chi connectivity index (χ0n) is 21.0. The van der Waals surface area contributed by atoms with E-state index in [-0.39, 0.29) is 22.8 Å². The Morgan fingerprint density at radius 1 is 1.10 bits per heavy atom. The molecular weight excluding hydrogens is 559 g/mol. The van der Waals surface area contributed by atoms with E-state index < -0.39 is 79.4 Å². The number of benzodiazepines with no additional fused rings is 1. The molecule has 2 aliphatic rings. The molecule has 7 nitrogen and oxygen atoms in total. The van der Waals surface area contributed by atoms with Crippen molar-refractivity contribution in [2.24, 2.45) is 28.5 Å². The predicted molar refractivity (Wildman–Crippen MR) is 138 cm³/mol. The fourth-order valence-corrected chi connectivity index (χ4v) is 5.31. The summed E-state index contributed by atoms with van der Waals surface area (Å²) >= 11 is 6.32. The number of aliphatic imine (C=N–C) groups is 1. The van der Waals surface area contributed by atoms with Gasteiger partial charge in [-0.15, -0.1) is 0 Å². The molecule has 214 valence electrons. The van der Waals surface area contributed by atoms with Crippen LogP contribution in [0.2, 0.25) is 5.02 Å². The fourth-order valence-electron chi connectivity index (χ4n) is 5.09. The zero-order chi connectivity index (χ0) is 29.2. The van der Waals surface area contributed by atoms with Crippen LogP contribution in [-0.4, -0.2) is 41.7 Å². The number of halogens is 6.